The Kier molecular flexibility index (Phi) is 2.87. The van der Waals surface area contributed by atoms with Crippen LogP contribution in [-0.2, 0) is 4.79 Å². The summed E-state index contributed by atoms with van der Waals surface area (Å²) in [6.45, 7) is 3.14. The third-order valence-corrected chi connectivity index (χ3v) is 2.56. The molecule has 2 aliphatic heterocycles. The smallest absolute Gasteiger partial charge is 0.171 e. The van der Waals surface area contributed by atoms with Crippen LogP contribution in [0.5, 0.6) is 0 Å². The molecule has 0 aromatic heterocycles. The molecule has 0 fully saturated rings. The van der Waals surface area contributed by atoms with Gasteiger partial charge in [0.15, 0.2) is 5.78 Å². The average Bonchev–Trinajstić information content (AvgIpc) is 2.76. The molecule has 3 heteroatoms. The van der Waals surface area contributed by atoms with E-state index < -0.39 is 0 Å². The van der Waals surface area contributed by atoms with Crippen LogP contribution in [0.15, 0.2) is 24.6 Å². The summed E-state index contributed by atoms with van der Waals surface area (Å²) in [5.74, 6) is 0.308. The highest BCUT2D eigenvalue weighted by molar-refractivity contribution is 5.82. The zero-order valence-electron chi connectivity index (χ0n) is 8.35. The lowest BCUT2D eigenvalue weighted by Gasteiger charge is -2.18. The first-order chi connectivity index (χ1) is 6.84. The van der Waals surface area contributed by atoms with E-state index in [1.54, 1.807) is 0 Å². The number of hydrogen-bond acceptors (Lipinski definition) is 3. The van der Waals surface area contributed by atoms with Crippen molar-refractivity contribution in [2.24, 2.45) is 0 Å². The van der Waals surface area contributed by atoms with E-state index in [9.17, 15) is 4.79 Å². The molecule has 0 N–H and O–H groups in total. The van der Waals surface area contributed by atoms with Crippen molar-refractivity contribution in [2.75, 3.05) is 26.2 Å². The lowest BCUT2D eigenvalue weighted by molar-refractivity contribution is -0.120. The fourth-order valence-electron chi connectivity index (χ4n) is 1.84. The molecule has 0 saturated heterocycles. The van der Waals surface area contributed by atoms with Crippen LogP contribution in [0.2, 0.25) is 0 Å². The van der Waals surface area contributed by atoms with E-state index in [1.165, 1.54) is 0 Å². The Morgan fingerprint density at radius 3 is 1.86 bits per heavy atom. The molecule has 0 atom stereocenters. The van der Waals surface area contributed by atoms with Crippen molar-refractivity contribution < 1.29 is 4.79 Å². The molecule has 2 heterocycles. The first-order valence-electron chi connectivity index (χ1n) is 5.18. The van der Waals surface area contributed by atoms with Gasteiger partial charge >= 0.3 is 0 Å². The van der Waals surface area contributed by atoms with Gasteiger partial charge in [-0.15, -0.1) is 0 Å². The minimum absolute atomic E-state index is 0.308. The minimum Gasteiger partial charge on any atom is -0.370 e. The topological polar surface area (TPSA) is 23.6 Å². The number of carbonyl (C=O) groups excluding carboxylic acids is 1. The minimum atomic E-state index is 0.308. The SMILES string of the molecule is O=C(CN1C=CCC1)CN1C=CCC1. The van der Waals surface area contributed by atoms with E-state index in [0.29, 0.717) is 18.9 Å². The van der Waals surface area contributed by atoms with E-state index >= 15 is 0 Å². The van der Waals surface area contributed by atoms with Gasteiger partial charge in [-0.1, -0.05) is 12.2 Å². The molecule has 0 bridgehead atoms. The molecule has 2 aliphatic rings. The van der Waals surface area contributed by atoms with Gasteiger partial charge in [-0.05, 0) is 25.2 Å². The lowest BCUT2D eigenvalue weighted by atomic mass is 10.3. The van der Waals surface area contributed by atoms with Gasteiger partial charge in [0.25, 0.3) is 0 Å². The van der Waals surface area contributed by atoms with Crippen LogP contribution in [-0.4, -0.2) is 41.8 Å². The summed E-state index contributed by atoms with van der Waals surface area (Å²) in [4.78, 5) is 15.8. The maximum atomic E-state index is 11.6. The molecule has 0 aliphatic carbocycles. The van der Waals surface area contributed by atoms with E-state index in [-0.39, 0.29) is 0 Å². The normalized spacial score (nSPS) is 19.7. The molecule has 0 aromatic carbocycles. The number of nitrogens with zero attached hydrogens (tertiary/aromatic N) is 2. The molecule has 0 unspecified atom stereocenters. The van der Waals surface area contributed by atoms with Gasteiger partial charge < -0.3 is 9.80 Å². The average molecular weight is 192 g/mol. The second-order valence-corrected chi connectivity index (χ2v) is 3.83. The molecular formula is C11H16N2O. The third kappa shape index (κ3) is 2.37. The Morgan fingerprint density at radius 2 is 1.50 bits per heavy atom. The summed E-state index contributed by atoms with van der Waals surface area (Å²) in [6, 6.07) is 0. The predicted octanol–water partition coefficient (Wildman–Crippen LogP) is 0.994. The molecule has 0 amide bonds. The van der Waals surface area contributed by atoms with Gasteiger partial charge in [-0.2, -0.15) is 0 Å². The number of carbonyl (C=O) groups is 1. The Hall–Kier alpha value is -1.25. The zero-order chi connectivity index (χ0) is 9.80. The summed E-state index contributed by atoms with van der Waals surface area (Å²) >= 11 is 0. The fraction of sp³-hybridized carbons (Fsp3) is 0.545. The predicted molar refractivity (Wildman–Crippen MR) is 55.7 cm³/mol. The van der Waals surface area contributed by atoms with Gasteiger partial charge in [0.2, 0.25) is 0 Å². The van der Waals surface area contributed by atoms with Crippen molar-refractivity contribution in [3.05, 3.63) is 24.6 Å². The first kappa shape index (κ1) is 9.31. The van der Waals surface area contributed by atoms with Crippen molar-refractivity contribution >= 4 is 5.78 Å². The van der Waals surface area contributed by atoms with Crippen molar-refractivity contribution in [1.29, 1.82) is 0 Å². The van der Waals surface area contributed by atoms with Crippen LogP contribution in [0.25, 0.3) is 0 Å². The molecule has 76 valence electrons. The summed E-state index contributed by atoms with van der Waals surface area (Å²) in [5.41, 5.74) is 0. The second-order valence-electron chi connectivity index (χ2n) is 3.83. The summed E-state index contributed by atoms with van der Waals surface area (Å²) in [7, 11) is 0. The lowest BCUT2D eigenvalue weighted by Crippen LogP contribution is -2.31. The van der Waals surface area contributed by atoms with Gasteiger partial charge in [-0.25, -0.2) is 0 Å². The maximum absolute atomic E-state index is 11.6. The summed E-state index contributed by atoms with van der Waals surface area (Å²) in [5, 5.41) is 0. The number of hydrogen-bond donors (Lipinski definition) is 0. The summed E-state index contributed by atoms with van der Waals surface area (Å²) in [6.07, 6.45) is 10.4. The van der Waals surface area contributed by atoms with E-state index in [1.807, 2.05) is 12.4 Å². The second kappa shape index (κ2) is 4.31. The molecule has 0 spiro atoms. The van der Waals surface area contributed by atoms with Crippen LogP contribution in [0.3, 0.4) is 0 Å². The number of Topliss-reactive ketones (excluding diaryl/α,β-unsaturated/α-hetero) is 1. The molecule has 0 radical (unpaired) electrons. The van der Waals surface area contributed by atoms with Crippen molar-refractivity contribution in [1.82, 2.24) is 9.80 Å². The van der Waals surface area contributed by atoms with Gasteiger partial charge in [-0.3, -0.25) is 4.79 Å². The highest BCUT2D eigenvalue weighted by Crippen LogP contribution is 2.06. The van der Waals surface area contributed by atoms with Crippen LogP contribution < -0.4 is 0 Å². The van der Waals surface area contributed by atoms with E-state index in [4.69, 9.17) is 0 Å². The fourth-order valence-corrected chi connectivity index (χ4v) is 1.84. The highest BCUT2D eigenvalue weighted by Gasteiger charge is 2.13. The number of ketones is 1. The Balaban J connectivity index is 1.72. The van der Waals surface area contributed by atoms with E-state index in [2.05, 4.69) is 22.0 Å². The standard InChI is InChI=1S/C11H16N2O/c14-11(9-12-5-1-2-6-12)10-13-7-3-4-8-13/h1,3,5,7H,2,4,6,8-10H2. The van der Waals surface area contributed by atoms with Crippen LogP contribution in [0.1, 0.15) is 12.8 Å². The quantitative estimate of drug-likeness (QED) is 0.663. The summed E-state index contributed by atoms with van der Waals surface area (Å²) < 4.78 is 0. The van der Waals surface area contributed by atoms with Crippen molar-refractivity contribution in [3.63, 3.8) is 0 Å². The van der Waals surface area contributed by atoms with Crippen LogP contribution in [0.4, 0.5) is 0 Å². The van der Waals surface area contributed by atoms with Gasteiger partial charge in [0, 0.05) is 13.1 Å². The Labute approximate surface area is 84.7 Å². The first-order valence-corrected chi connectivity index (χ1v) is 5.18. The molecule has 3 nitrogen and oxygen atoms in total. The highest BCUT2D eigenvalue weighted by atomic mass is 16.1. The zero-order valence-corrected chi connectivity index (χ0v) is 8.35. The van der Waals surface area contributed by atoms with Crippen molar-refractivity contribution in [2.45, 2.75) is 12.8 Å². The molecule has 0 aromatic rings. The Morgan fingerprint density at radius 1 is 1.00 bits per heavy atom. The van der Waals surface area contributed by atoms with Crippen molar-refractivity contribution in [3.8, 4) is 0 Å². The Bertz CT molecular complexity index is 244. The van der Waals surface area contributed by atoms with Crippen LogP contribution >= 0.6 is 0 Å². The third-order valence-electron chi connectivity index (χ3n) is 2.56. The maximum Gasteiger partial charge on any atom is 0.171 e. The van der Waals surface area contributed by atoms with Gasteiger partial charge in [0.05, 0.1) is 13.1 Å². The molecule has 14 heavy (non-hydrogen) atoms. The molecule has 2 rings (SSSR count). The molecular weight excluding hydrogens is 176 g/mol. The monoisotopic (exact) mass is 192 g/mol. The van der Waals surface area contributed by atoms with Gasteiger partial charge in [0.1, 0.15) is 0 Å². The van der Waals surface area contributed by atoms with E-state index in [0.717, 1.165) is 25.9 Å². The largest absolute Gasteiger partial charge is 0.370 e. The van der Waals surface area contributed by atoms with Crippen LogP contribution in [0, 0.1) is 0 Å². The number of rotatable bonds is 4. The molecule has 0 saturated carbocycles.